The number of nitrogens with zero attached hydrogens (tertiary/aromatic N) is 4. The zero-order valence-electron chi connectivity index (χ0n) is 31.8. The third kappa shape index (κ3) is 5.92. The van der Waals surface area contributed by atoms with Crippen LogP contribution >= 0.6 is 0 Å². The minimum atomic E-state index is -0.537. The van der Waals surface area contributed by atoms with Crippen LogP contribution in [0.5, 0.6) is 0 Å². The maximum absolute atomic E-state index is 13.2. The van der Waals surface area contributed by atoms with E-state index in [1.165, 1.54) is 27.5 Å². The number of aliphatic imine (C=N–C) groups is 1. The predicted molar refractivity (Wildman–Crippen MR) is 211 cm³/mol. The minimum absolute atomic E-state index is 0.0117. The van der Waals surface area contributed by atoms with E-state index in [4.69, 9.17) is 19.5 Å². The van der Waals surface area contributed by atoms with Crippen molar-refractivity contribution in [3.63, 3.8) is 0 Å². The van der Waals surface area contributed by atoms with Gasteiger partial charge >= 0.3 is 12.2 Å². The highest BCUT2D eigenvalue weighted by Gasteiger charge is 2.57. The highest BCUT2D eigenvalue weighted by molar-refractivity contribution is 6.01. The van der Waals surface area contributed by atoms with Crippen molar-refractivity contribution in [2.75, 3.05) is 0 Å². The third-order valence-corrected chi connectivity index (χ3v) is 11.8. The number of carbonyl (C=O) groups is 2. The standard InChI is InChI=1S/C45H47N5O4/c1-44(2,3)53-42(51)49-37-20-31(37)22-39(49)36-19-30-17-28(11-13-33(30)46-36)26-8-7-25-16-27(10-9-24(25)15-26)29-12-14-34-35(18-29)48-41(47-34)40-23-32-21-38(32)50(40)43(52)54-45(4,5)6/h7-18,31-32,37-40H,19-23H2,1-6H3,(H,47,48)/t31-,32-,37-,38-,39+,40+/m1/s1. The van der Waals surface area contributed by atoms with Gasteiger partial charge in [0.15, 0.2) is 0 Å². The first kappa shape index (κ1) is 33.4. The van der Waals surface area contributed by atoms with Crippen LogP contribution in [-0.4, -0.2) is 67.0 Å². The molecule has 0 unspecified atom stereocenters. The summed E-state index contributed by atoms with van der Waals surface area (Å²) in [5, 5.41) is 2.35. The number of benzene rings is 4. The number of fused-ring (bicyclic) bond motifs is 5. The van der Waals surface area contributed by atoms with Crippen LogP contribution < -0.4 is 0 Å². The van der Waals surface area contributed by atoms with E-state index in [2.05, 4.69) is 77.8 Å². The number of hydrogen-bond acceptors (Lipinski definition) is 6. The van der Waals surface area contributed by atoms with Crippen LogP contribution in [0.15, 0.2) is 77.8 Å². The lowest BCUT2D eigenvalue weighted by molar-refractivity contribution is 0.0173. The first-order chi connectivity index (χ1) is 25.7. The Morgan fingerprint density at radius 1 is 0.667 bits per heavy atom. The second-order valence-corrected chi connectivity index (χ2v) is 18.2. The first-order valence-electron chi connectivity index (χ1n) is 19.5. The van der Waals surface area contributed by atoms with Crippen molar-refractivity contribution >= 4 is 45.4 Å². The van der Waals surface area contributed by atoms with Crippen LogP contribution in [0.3, 0.4) is 0 Å². The molecular formula is C45H47N5O4. The van der Waals surface area contributed by atoms with Crippen LogP contribution in [0.1, 0.15) is 84.7 Å². The number of rotatable bonds is 4. The fraction of sp³-hybridized carbons (Fsp3) is 0.422. The molecule has 0 spiro atoms. The summed E-state index contributed by atoms with van der Waals surface area (Å²) < 4.78 is 11.6. The fourth-order valence-corrected chi connectivity index (χ4v) is 9.18. The summed E-state index contributed by atoms with van der Waals surface area (Å²) in [4.78, 5) is 43.8. The highest BCUT2D eigenvalue weighted by Crippen LogP contribution is 2.54. The lowest BCUT2D eigenvalue weighted by atomic mass is 9.95. The maximum Gasteiger partial charge on any atom is 0.411 e. The van der Waals surface area contributed by atoms with E-state index in [-0.39, 0.29) is 36.4 Å². The Bertz CT molecular complexity index is 2420. The summed E-state index contributed by atoms with van der Waals surface area (Å²) in [6.07, 6.45) is 4.31. The van der Waals surface area contributed by atoms with E-state index >= 15 is 0 Å². The number of hydrogen-bond donors (Lipinski definition) is 1. The summed E-state index contributed by atoms with van der Waals surface area (Å²) in [6, 6.07) is 26.7. The Morgan fingerprint density at radius 3 is 1.83 bits per heavy atom. The molecule has 54 heavy (non-hydrogen) atoms. The summed E-state index contributed by atoms with van der Waals surface area (Å²) in [5.41, 5.74) is 8.69. The lowest BCUT2D eigenvalue weighted by Gasteiger charge is -2.30. The van der Waals surface area contributed by atoms with Gasteiger partial charge < -0.3 is 14.5 Å². The molecule has 276 valence electrons. The Balaban J connectivity index is 0.858. The van der Waals surface area contributed by atoms with Crippen molar-refractivity contribution in [2.24, 2.45) is 16.8 Å². The highest BCUT2D eigenvalue weighted by atomic mass is 16.6. The smallest absolute Gasteiger partial charge is 0.411 e. The molecule has 10 rings (SSSR count). The van der Waals surface area contributed by atoms with Crippen molar-refractivity contribution in [3.8, 4) is 22.3 Å². The third-order valence-electron chi connectivity index (χ3n) is 11.8. The van der Waals surface area contributed by atoms with E-state index in [1.807, 2.05) is 51.3 Å². The molecular weight excluding hydrogens is 675 g/mol. The van der Waals surface area contributed by atoms with Crippen molar-refractivity contribution in [1.82, 2.24) is 19.8 Å². The maximum atomic E-state index is 13.2. The van der Waals surface area contributed by atoms with Crippen LogP contribution in [-0.2, 0) is 15.9 Å². The summed E-state index contributed by atoms with van der Waals surface area (Å²) in [6.45, 7) is 11.5. The number of ether oxygens (including phenoxy) is 2. The van der Waals surface area contributed by atoms with Gasteiger partial charge in [0.05, 0.1) is 28.8 Å². The van der Waals surface area contributed by atoms with Crippen LogP contribution in [0.2, 0.25) is 0 Å². The minimum Gasteiger partial charge on any atom is -0.444 e. The molecule has 5 aliphatic rings. The number of carbonyl (C=O) groups excluding carboxylic acids is 2. The Kier molecular flexibility index (Phi) is 7.21. The molecule has 2 saturated carbocycles. The zero-order chi connectivity index (χ0) is 37.3. The van der Waals surface area contributed by atoms with E-state index < -0.39 is 11.2 Å². The number of aromatic amines is 1. The van der Waals surface area contributed by atoms with Gasteiger partial charge in [0, 0.05) is 24.2 Å². The Morgan fingerprint density at radius 2 is 1.20 bits per heavy atom. The second kappa shape index (κ2) is 11.7. The van der Waals surface area contributed by atoms with Crippen molar-refractivity contribution < 1.29 is 19.1 Å². The molecule has 1 aromatic heterocycles. The molecule has 6 atom stereocenters. The Hall–Kier alpha value is -5.18. The van der Waals surface area contributed by atoms with Gasteiger partial charge in [-0.3, -0.25) is 14.8 Å². The number of imidazole rings is 1. The van der Waals surface area contributed by atoms with Crippen molar-refractivity contribution in [3.05, 3.63) is 84.2 Å². The van der Waals surface area contributed by atoms with Gasteiger partial charge in [-0.05, 0) is 154 Å². The number of amides is 2. The SMILES string of the molecule is CC(C)(C)OC(=O)N1[C@@H]2C[C@@H]2C[C@H]1C1=Nc2ccc(-c3ccc4cc(-c5ccc6nc([C@@H]7C[C@H]8C[C@H]8N7C(=O)OC(C)(C)C)[nH]c6c5)ccc4c3)cc2C1. The molecule has 0 radical (unpaired) electrons. The second-order valence-electron chi connectivity index (χ2n) is 18.2. The largest absolute Gasteiger partial charge is 0.444 e. The average molecular weight is 722 g/mol. The normalized spacial score (nSPS) is 25.4. The number of likely N-dealkylation sites (tertiary alicyclic amines) is 2. The molecule has 1 N–H and O–H groups in total. The molecule has 9 nitrogen and oxygen atoms in total. The van der Waals surface area contributed by atoms with E-state index in [0.29, 0.717) is 11.8 Å². The quantitative estimate of drug-likeness (QED) is 0.199. The van der Waals surface area contributed by atoms with Crippen molar-refractivity contribution in [2.45, 2.75) is 109 Å². The zero-order valence-corrected chi connectivity index (χ0v) is 31.8. The number of piperidine rings is 2. The Labute approximate surface area is 315 Å². The van der Waals surface area contributed by atoms with Crippen LogP contribution in [0, 0.1) is 11.8 Å². The predicted octanol–water partition coefficient (Wildman–Crippen LogP) is 10.1. The fourth-order valence-electron chi connectivity index (χ4n) is 9.18. The van der Waals surface area contributed by atoms with Gasteiger partial charge in [0.2, 0.25) is 0 Å². The number of aromatic nitrogens is 2. The van der Waals surface area contributed by atoms with E-state index in [9.17, 15) is 9.59 Å². The monoisotopic (exact) mass is 721 g/mol. The van der Waals surface area contributed by atoms with Crippen LogP contribution in [0.4, 0.5) is 15.3 Å². The molecule has 4 heterocycles. The number of nitrogens with one attached hydrogen (secondary N) is 1. The topological polar surface area (TPSA) is 100 Å². The molecule has 2 saturated heterocycles. The van der Waals surface area contributed by atoms with E-state index in [1.54, 1.807) is 0 Å². The van der Waals surface area contributed by atoms with Gasteiger partial charge in [-0.25, -0.2) is 14.6 Å². The molecule has 9 heteroatoms. The van der Waals surface area contributed by atoms with Gasteiger partial charge in [-0.1, -0.05) is 36.4 Å². The molecule has 4 fully saturated rings. The number of H-pyrrole nitrogens is 1. The summed E-state index contributed by atoms with van der Waals surface area (Å²) in [7, 11) is 0. The van der Waals surface area contributed by atoms with Crippen LogP contribution in [0.25, 0.3) is 44.1 Å². The van der Waals surface area contributed by atoms with Gasteiger partial charge in [-0.2, -0.15) is 0 Å². The lowest BCUT2D eigenvalue weighted by Crippen LogP contribution is -2.45. The molecule has 3 aliphatic heterocycles. The van der Waals surface area contributed by atoms with Gasteiger partial charge in [0.1, 0.15) is 17.0 Å². The molecule has 5 aromatic rings. The summed E-state index contributed by atoms with van der Waals surface area (Å²) >= 11 is 0. The van der Waals surface area contributed by atoms with Crippen molar-refractivity contribution in [1.29, 1.82) is 0 Å². The van der Waals surface area contributed by atoms with Gasteiger partial charge in [0.25, 0.3) is 0 Å². The molecule has 4 aromatic carbocycles. The summed E-state index contributed by atoms with van der Waals surface area (Å²) in [5.74, 6) is 1.92. The molecule has 0 bridgehead atoms. The first-order valence-corrected chi connectivity index (χ1v) is 19.5. The van der Waals surface area contributed by atoms with Gasteiger partial charge in [-0.15, -0.1) is 0 Å². The molecule has 2 aliphatic carbocycles. The molecule has 2 amide bonds. The van der Waals surface area contributed by atoms with E-state index in [0.717, 1.165) is 71.5 Å². The average Bonchev–Trinajstić information content (AvgIpc) is 3.77.